The third-order valence-electron chi connectivity index (χ3n) is 3.41. The SMILES string of the molecule is NCCCNCCCCNCCCN[C@@H](CCC(N)=O)C(=O)O. The van der Waals surface area contributed by atoms with E-state index in [2.05, 4.69) is 16.0 Å². The Bertz CT molecular complexity index is 315. The lowest BCUT2D eigenvalue weighted by atomic mass is 10.1. The second kappa shape index (κ2) is 15.7. The number of nitrogens with two attached hydrogens (primary N) is 2. The predicted molar refractivity (Wildman–Crippen MR) is 91.1 cm³/mol. The summed E-state index contributed by atoms with van der Waals surface area (Å²) in [6, 6.07) is -0.706. The quantitative estimate of drug-likeness (QED) is 0.188. The molecule has 8 nitrogen and oxygen atoms in total. The first-order valence-electron chi connectivity index (χ1n) is 8.44. The zero-order chi connectivity index (χ0) is 17.3. The average molecular weight is 331 g/mol. The summed E-state index contributed by atoms with van der Waals surface area (Å²) in [4.78, 5) is 21.7. The average Bonchev–Trinajstić information content (AvgIpc) is 2.50. The van der Waals surface area contributed by atoms with E-state index < -0.39 is 17.9 Å². The maximum atomic E-state index is 11.0. The van der Waals surface area contributed by atoms with Crippen LogP contribution in [0, 0.1) is 0 Å². The Hall–Kier alpha value is -1.22. The summed E-state index contributed by atoms with van der Waals surface area (Å²) in [7, 11) is 0. The van der Waals surface area contributed by atoms with E-state index in [1.807, 2.05) is 0 Å². The van der Waals surface area contributed by atoms with Gasteiger partial charge in [-0.25, -0.2) is 0 Å². The van der Waals surface area contributed by atoms with Crippen LogP contribution >= 0.6 is 0 Å². The lowest BCUT2D eigenvalue weighted by Gasteiger charge is -2.13. The molecule has 0 aliphatic rings. The molecule has 0 radical (unpaired) electrons. The van der Waals surface area contributed by atoms with E-state index in [0.29, 0.717) is 6.54 Å². The van der Waals surface area contributed by atoms with E-state index in [1.165, 1.54) is 0 Å². The summed E-state index contributed by atoms with van der Waals surface area (Å²) in [5.74, 6) is -1.42. The highest BCUT2D eigenvalue weighted by molar-refractivity contribution is 5.77. The summed E-state index contributed by atoms with van der Waals surface area (Å²) < 4.78 is 0. The van der Waals surface area contributed by atoms with Crippen LogP contribution in [0.2, 0.25) is 0 Å². The van der Waals surface area contributed by atoms with Crippen molar-refractivity contribution in [2.75, 3.05) is 39.3 Å². The van der Waals surface area contributed by atoms with Crippen molar-refractivity contribution >= 4 is 11.9 Å². The molecule has 8 heteroatoms. The number of unbranched alkanes of at least 4 members (excludes halogenated alkanes) is 1. The van der Waals surface area contributed by atoms with Gasteiger partial charge in [-0.3, -0.25) is 9.59 Å². The largest absolute Gasteiger partial charge is 0.480 e. The van der Waals surface area contributed by atoms with Crippen molar-refractivity contribution in [3.63, 3.8) is 0 Å². The fourth-order valence-corrected chi connectivity index (χ4v) is 2.07. The molecule has 1 amide bonds. The van der Waals surface area contributed by atoms with Gasteiger partial charge in [-0.1, -0.05) is 0 Å². The van der Waals surface area contributed by atoms with Gasteiger partial charge in [0.05, 0.1) is 0 Å². The standard InChI is InChI=1S/C15H33N5O3/c16-7-3-10-18-8-1-2-9-19-11-4-12-20-13(15(22)23)5-6-14(17)21/h13,18-20H,1-12,16H2,(H2,17,21)(H,22,23)/t13-/m0/s1. The van der Waals surface area contributed by atoms with Crippen LogP contribution in [0.4, 0.5) is 0 Å². The van der Waals surface area contributed by atoms with E-state index >= 15 is 0 Å². The number of hydrogen-bond acceptors (Lipinski definition) is 6. The lowest BCUT2D eigenvalue weighted by Crippen LogP contribution is -2.38. The van der Waals surface area contributed by atoms with Gasteiger partial charge < -0.3 is 32.5 Å². The summed E-state index contributed by atoms with van der Waals surface area (Å²) in [5, 5.41) is 18.6. The number of nitrogens with one attached hydrogen (secondary N) is 3. The third-order valence-corrected chi connectivity index (χ3v) is 3.41. The van der Waals surface area contributed by atoms with Crippen LogP contribution in [-0.4, -0.2) is 62.3 Å². The molecule has 0 aliphatic heterocycles. The number of carboxylic acids is 1. The van der Waals surface area contributed by atoms with E-state index in [-0.39, 0.29) is 12.8 Å². The van der Waals surface area contributed by atoms with Gasteiger partial charge in [0.25, 0.3) is 0 Å². The zero-order valence-corrected chi connectivity index (χ0v) is 14.0. The van der Waals surface area contributed by atoms with E-state index in [1.54, 1.807) is 0 Å². The van der Waals surface area contributed by atoms with Crippen LogP contribution in [-0.2, 0) is 9.59 Å². The highest BCUT2D eigenvalue weighted by Gasteiger charge is 2.16. The van der Waals surface area contributed by atoms with Crippen molar-refractivity contribution in [1.29, 1.82) is 0 Å². The Morgan fingerprint density at radius 3 is 2.00 bits per heavy atom. The van der Waals surface area contributed by atoms with Crippen molar-refractivity contribution in [3.05, 3.63) is 0 Å². The van der Waals surface area contributed by atoms with E-state index in [9.17, 15) is 9.59 Å². The minimum Gasteiger partial charge on any atom is -0.480 e. The number of amides is 1. The summed E-state index contributed by atoms with van der Waals surface area (Å²) >= 11 is 0. The van der Waals surface area contributed by atoms with Gasteiger partial charge in [-0.2, -0.15) is 0 Å². The van der Waals surface area contributed by atoms with Crippen LogP contribution in [0.5, 0.6) is 0 Å². The van der Waals surface area contributed by atoms with E-state index in [0.717, 1.165) is 58.4 Å². The first-order valence-corrected chi connectivity index (χ1v) is 8.44. The fourth-order valence-electron chi connectivity index (χ4n) is 2.07. The molecular formula is C15H33N5O3. The Labute approximate surface area is 138 Å². The first-order chi connectivity index (χ1) is 11.1. The normalized spacial score (nSPS) is 12.2. The van der Waals surface area contributed by atoms with Crippen LogP contribution < -0.4 is 27.4 Å². The van der Waals surface area contributed by atoms with Gasteiger partial charge in [0.1, 0.15) is 6.04 Å². The molecule has 0 saturated carbocycles. The van der Waals surface area contributed by atoms with E-state index in [4.69, 9.17) is 16.6 Å². The minimum atomic E-state index is -0.943. The summed E-state index contributed by atoms with van der Waals surface area (Å²) in [5.41, 5.74) is 10.4. The van der Waals surface area contributed by atoms with Crippen LogP contribution in [0.1, 0.15) is 38.5 Å². The number of hydrogen-bond donors (Lipinski definition) is 6. The van der Waals surface area contributed by atoms with Crippen molar-refractivity contribution < 1.29 is 14.7 Å². The van der Waals surface area contributed by atoms with Crippen molar-refractivity contribution in [2.24, 2.45) is 11.5 Å². The fraction of sp³-hybridized carbons (Fsp3) is 0.867. The Morgan fingerprint density at radius 2 is 1.48 bits per heavy atom. The van der Waals surface area contributed by atoms with Gasteiger partial charge in [0.15, 0.2) is 0 Å². The van der Waals surface area contributed by atoms with Gasteiger partial charge in [0, 0.05) is 6.42 Å². The molecule has 0 aromatic heterocycles. The molecule has 0 saturated heterocycles. The Kier molecular flexibility index (Phi) is 14.8. The summed E-state index contributed by atoms with van der Waals surface area (Å²) in [6.45, 7) is 5.13. The first kappa shape index (κ1) is 21.8. The Morgan fingerprint density at radius 1 is 0.913 bits per heavy atom. The van der Waals surface area contributed by atoms with Gasteiger partial charge >= 0.3 is 5.97 Å². The molecule has 0 rings (SSSR count). The number of carbonyl (C=O) groups is 2. The van der Waals surface area contributed by atoms with Gasteiger partial charge in [0.2, 0.25) is 5.91 Å². The maximum Gasteiger partial charge on any atom is 0.320 e. The molecule has 0 fully saturated rings. The van der Waals surface area contributed by atoms with Crippen LogP contribution in [0.15, 0.2) is 0 Å². The second-order valence-corrected chi connectivity index (χ2v) is 5.55. The molecule has 0 aromatic rings. The topological polar surface area (TPSA) is 142 Å². The maximum absolute atomic E-state index is 11.0. The number of rotatable bonds is 17. The van der Waals surface area contributed by atoms with Gasteiger partial charge in [-0.05, 0) is 71.4 Å². The molecule has 0 aromatic carbocycles. The highest BCUT2D eigenvalue weighted by atomic mass is 16.4. The van der Waals surface area contributed by atoms with Crippen molar-refractivity contribution in [3.8, 4) is 0 Å². The molecule has 0 unspecified atom stereocenters. The molecule has 0 bridgehead atoms. The molecular weight excluding hydrogens is 298 g/mol. The second-order valence-electron chi connectivity index (χ2n) is 5.55. The van der Waals surface area contributed by atoms with Crippen molar-refractivity contribution in [1.82, 2.24) is 16.0 Å². The number of aliphatic carboxylic acids is 1. The molecule has 136 valence electrons. The summed E-state index contributed by atoms with van der Waals surface area (Å²) in [6.07, 6.45) is 4.41. The Balaban J connectivity index is 3.39. The number of carbonyl (C=O) groups excluding carboxylic acids is 1. The van der Waals surface area contributed by atoms with Gasteiger partial charge in [-0.15, -0.1) is 0 Å². The van der Waals surface area contributed by atoms with Crippen molar-refractivity contribution in [2.45, 2.75) is 44.6 Å². The lowest BCUT2D eigenvalue weighted by molar-refractivity contribution is -0.139. The minimum absolute atomic E-state index is 0.0849. The van der Waals surface area contributed by atoms with Crippen LogP contribution in [0.25, 0.3) is 0 Å². The monoisotopic (exact) mass is 331 g/mol. The third kappa shape index (κ3) is 15.4. The molecule has 8 N–H and O–H groups in total. The number of carboxylic acid groups (broad SMARTS) is 1. The smallest absolute Gasteiger partial charge is 0.320 e. The zero-order valence-electron chi connectivity index (χ0n) is 14.0. The molecule has 0 aliphatic carbocycles. The molecule has 23 heavy (non-hydrogen) atoms. The number of primary amides is 1. The predicted octanol–water partition coefficient (Wildman–Crippen LogP) is -1.01. The van der Waals surface area contributed by atoms with Crippen LogP contribution in [0.3, 0.4) is 0 Å². The molecule has 0 spiro atoms. The molecule has 0 heterocycles. The molecule has 1 atom stereocenters. The highest BCUT2D eigenvalue weighted by Crippen LogP contribution is 1.97.